The van der Waals surface area contributed by atoms with Gasteiger partial charge in [0.1, 0.15) is 11.6 Å². The van der Waals surface area contributed by atoms with Crippen molar-refractivity contribution in [2.75, 3.05) is 5.32 Å². The van der Waals surface area contributed by atoms with Gasteiger partial charge in [0.25, 0.3) is 11.6 Å². The summed E-state index contributed by atoms with van der Waals surface area (Å²) in [6, 6.07) is 8.49. The highest BCUT2D eigenvalue weighted by molar-refractivity contribution is 6.10. The Labute approximate surface area is 194 Å². The fourth-order valence-corrected chi connectivity index (χ4v) is 4.64. The Bertz CT molecular complexity index is 1280. The van der Waals surface area contributed by atoms with E-state index in [1.54, 1.807) is 6.92 Å². The maximum absolute atomic E-state index is 14.2. The molecule has 2 aromatic rings. The van der Waals surface area contributed by atoms with E-state index in [9.17, 15) is 28.5 Å². The normalized spacial score (nSPS) is 19.4. The van der Waals surface area contributed by atoms with Crippen LogP contribution in [0.4, 0.5) is 20.2 Å². The highest BCUT2D eigenvalue weighted by Gasteiger charge is 2.42. The van der Waals surface area contributed by atoms with E-state index in [0.29, 0.717) is 35.0 Å². The van der Waals surface area contributed by atoms with Gasteiger partial charge in [-0.05, 0) is 36.5 Å². The molecule has 0 saturated carbocycles. The van der Waals surface area contributed by atoms with Crippen molar-refractivity contribution in [2.24, 2.45) is 5.41 Å². The second kappa shape index (κ2) is 8.48. The first-order chi connectivity index (χ1) is 16.0. The van der Waals surface area contributed by atoms with Gasteiger partial charge >= 0.3 is 0 Å². The summed E-state index contributed by atoms with van der Waals surface area (Å²) in [7, 11) is 0. The molecule has 1 heterocycles. The van der Waals surface area contributed by atoms with Crippen LogP contribution in [-0.4, -0.2) is 16.6 Å². The van der Waals surface area contributed by atoms with Crippen LogP contribution in [0.3, 0.4) is 0 Å². The second-order valence-corrected chi connectivity index (χ2v) is 9.36. The van der Waals surface area contributed by atoms with E-state index in [0.717, 1.165) is 12.1 Å². The van der Waals surface area contributed by atoms with Crippen LogP contribution in [-0.2, 0) is 9.59 Å². The van der Waals surface area contributed by atoms with Crippen LogP contribution in [0.25, 0.3) is 0 Å². The number of dihydropyridines is 1. The molecule has 176 valence electrons. The lowest BCUT2D eigenvalue weighted by Gasteiger charge is -2.39. The van der Waals surface area contributed by atoms with Gasteiger partial charge in [-0.3, -0.25) is 19.7 Å². The molecule has 1 amide bonds. The van der Waals surface area contributed by atoms with Crippen molar-refractivity contribution >= 4 is 23.1 Å². The number of nitrogens with zero attached hydrogens (tertiary/aromatic N) is 1. The number of rotatable bonds is 4. The Hall–Kier alpha value is -3.88. The molecule has 0 fully saturated rings. The number of carbonyl (C=O) groups excluding carboxylic acids is 2. The first kappa shape index (κ1) is 23.3. The molecule has 0 aromatic heterocycles. The number of hydrogen-bond acceptors (Lipinski definition) is 5. The standard InChI is InChI=1S/C25H23F2N3O4/c1-13-21(24(32)29-18-9-6-15(26)10-17(18)27)22(14-4-7-16(8-5-14)30(33)34)23-19(28-13)11-25(2,3)12-20(23)31/h4-10,22,28H,11-12H2,1-3H3,(H,29,32)/t22-/m1/s1. The lowest BCUT2D eigenvalue weighted by atomic mass is 9.68. The van der Waals surface area contributed by atoms with E-state index in [1.165, 1.54) is 24.3 Å². The van der Waals surface area contributed by atoms with Crippen LogP contribution in [0, 0.1) is 27.2 Å². The second-order valence-electron chi connectivity index (χ2n) is 9.36. The maximum atomic E-state index is 14.2. The number of benzene rings is 2. The van der Waals surface area contributed by atoms with Gasteiger partial charge < -0.3 is 10.6 Å². The molecular formula is C25H23F2N3O4. The summed E-state index contributed by atoms with van der Waals surface area (Å²) >= 11 is 0. The summed E-state index contributed by atoms with van der Waals surface area (Å²) in [5.41, 5.74) is 1.71. The number of Topliss-reactive ketones (excluding diaryl/α,β-unsaturated/α-hetero) is 1. The van der Waals surface area contributed by atoms with Crippen LogP contribution >= 0.6 is 0 Å². The lowest BCUT2D eigenvalue weighted by Crippen LogP contribution is -2.39. The van der Waals surface area contributed by atoms with Gasteiger partial charge in [0.05, 0.1) is 10.6 Å². The summed E-state index contributed by atoms with van der Waals surface area (Å²) in [6.07, 6.45) is 0.855. The molecule has 0 unspecified atom stereocenters. The van der Waals surface area contributed by atoms with E-state index < -0.39 is 28.4 Å². The molecule has 1 atom stereocenters. The number of halogens is 2. The van der Waals surface area contributed by atoms with Crippen molar-refractivity contribution in [1.82, 2.24) is 5.32 Å². The lowest BCUT2D eigenvalue weighted by molar-refractivity contribution is -0.384. The molecule has 0 radical (unpaired) electrons. The molecule has 34 heavy (non-hydrogen) atoms. The van der Waals surface area contributed by atoms with Crippen molar-refractivity contribution in [3.63, 3.8) is 0 Å². The number of amides is 1. The molecule has 0 spiro atoms. The highest BCUT2D eigenvalue weighted by Crippen LogP contribution is 2.47. The number of nitrogens with one attached hydrogen (secondary N) is 2. The number of nitro groups is 1. The molecular weight excluding hydrogens is 444 g/mol. The average molecular weight is 467 g/mol. The van der Waals surface area contributed by atoms with Gasteiger partial charge in [-0.1, -0.05) is 26.0 Å². The van der Waals surface area contributed by atoms with Gasteiger partial charge in [0.15, 0.2) is 5.78 Å². The quantitative estimate of drug-likeness (QED) is 0.480. The third-order valence-electron chi connectivity index (χ3n) is 6.10. The molecule has 0 bridgehead atoms. The molecule has 2 aromatic carbocycles. The number of ketones is 1. The summed E-state index contributed by atoms with van der Waals surface area (Å²) in [5, 5.41) is 16.8. The molecule has 1 aliphatic carbocycles. The first-order valence-corrected chi connectivity index (χ1v) is 10.7. The van der Waals surface area contributed by atoms with Gasteiger partial charge in [0.2, 0.25) is 0 Å². The van der Waals surface area contributed by atoms with Crippen LogP contribution in [0.1, 0.15) is 45.1 Å². The molecule has 7 nitrogen and oxygen atoms in total. The number of nitro benzene ring substituents is 1. The topological polar surface area (TPSA) is 101 Å². The van der Waals surface area contributed by atoms with E-state index in [1.807, 2.05) is 13.8 Å². The molecule has 2 aliphatic rings. The number of hydrogen-bond donors (Lipinski definition) is 2. The minimum Gasteiger partial charge on any atom is -0.362 e. The average Bonchev–Trinajstić information content (AvgIpc) is 2.73. The molecule has 0 saturated heterocycles. The van der Waals surface area contributed by atoms with E-state index in [2.05, 4.69) is 10.6 Å². The number of carbonyl (C=O) groups is 2. The number of allylic oxidation sites excluding steroid dienone is 3. The zero-order valence-electron chi connectivity index (χ0n) is 18.9. The number of non-ortho nitro benzene ring substituents is 1. The van der Waals surface area contributed by atoms with Crippen LogP contribution in [0.5, 0.6) is 0 Å². The molecule has 1 aliphatic heterocycles. The van der Waals surface area contributed by atoms with E-state index >= 15 is 0 Å². The van der Waals surface area contributed by atoms with Crippen molar-refractivity contribution in [3.05, 3.63) is 92.3 Å². The van der Waals surface area contributed by atoms with Gasteiger partial charge in [0, 0.05) is 53.1 Å². The smallest absolute Gasteiger partial charge is 0.269 e. The van der Waals surface area contributed by atoms with Crippen LogP contribution in [0.2, 0.25) is 0 Å². The summed E-state index contributed by atoms with van der Waals surface area (Å²) < 4.78 is 27.5. The SMILES string of the molecule is CC1=C(C(=O)Nc2ccc(F)cc2F)[C@@H](c2ccc([N+](=O)[O-])cc2)C2=C(CC(C)(C)CC2=O)N1. The Morgan fingerprint density at radius 1 is 1.15 bits per heavy atom. The van der Waals surface area contributed by atoms with Gasteiger partial charge in [-0.25, -0.2) is 8.78 Å². The Morgan fingerprint density at radius 3 is 2.44 bits per heavy atom. The van der Waals surface area contributed by atoms with Crippen LogP contribution < -0.4 is 10.6 Å². The molecule has 4 rings (SSSR count). The van der Waals surface area contributed by atoms with E-state index in [-0.39, 0.29) is 34.6 Å². The summed E-state index contributed by atoms with van der Waals surface area (Å²) in [6.45, 7) is 5.65. The van der Waals surface area contributed by atoms with Gasteiger partial charge in [-0.2, -0.15) is 0 Å². The first-order valence-electron chi connectivity index (χ1n) is 10.7. The Morgan fingerprint density at radius 2 is 1.82 bits per heavy atom. The summed E-state index contributed by atoms with van der Waals surface area (Å²) in [4.78, 5) is 37.2. The van der Waals surface area contributed by atoms with Crippen molar-refractivity contribution in [1.29, 1.82) is 0 Å². The Balaban J connectivity index is 1.81. The predicted molar refractivity (Wildman–Crippen MR) is 122 cm³/mol. The highest BCUT2D eigenvalue weighted by atomic mass is 19.1. The maximum Gasteiger partial charge on any atom is 0.269 e. The largest absolute Gasteiger partial charge is 0.362 e. The van der Waals surface area contributed by atoms with Crippen molar-refractivity contribution in [3.8, 4) is 0 Å². The monoisotopic (exact) mass is 467 g/mol. The summed E-state index contributed by atoms with van der Waals surface area (Å²) in [5.74, 6) is -3.31. The minimum atomic E-state index is -0.933. The third-order valence-corrected chi connectivity index (χ3v) is 6.10. The molecule has 9 heteroatoms. The van der Waals surface area contributed by atoms with Crippen molar-refractivity contribution < 1.29 is 23.3 Å². The zero-order valence-corrected chi connectivity index (χ0v) is 18.9. The minimum absolute atomic E-state index is 0.122. The van der Waals surface area contributed by atoms with E-state index in [4.69, 9.17) is 0 Å². The fourth-order valence-electron chi connectivity index (χ4n) is 4.64. The zero-order chi connectivity index (χ0) is 24.8. The Kier molecular flexibility index (Phi) is 5.80. The third kappa shape index (κ3) is 4.33. The molecule has 2 N–H and O–H groups in total. The van der Waals surface area contributed by atoms with Crippen LogP contribution in [0.15, 0.2) is 65.0 Å². The fraction of sp³-hybridized carbons (Fsp3) is 0.280. The number of anilines is 1. The van der Waals surface area contributed by atoms with Crippen molar-refractivity contribution in [2.45, 2.75) is 39.5 Å². The van der Waals surface area contributed by atoms with Gasteiger partial charge in [-0.15, -0.1) is 0 Å². The predicted octanol–water partition coefficient (Wildman–Crippen LogP) is 5.12.